The summed E-state index contributed by atoms with van der Waals surface area (Å²) in [6.07, 6.45) is 34.0. The fourth-order valence-corrected chi connectivity index (χ4v) is 8.27. The second-order valence-electron chi connectivity index (χ2n) is 18.1. The van der Waals surface area contributed by atoms with Crippen molar-refractivity contribution in [1.82, 2.24) is 10.1 Å². The van der Waals surface area contributed by atoms with E-state index >= 15 is 0 Å². The fraction of sp³-hybridized carbons (Fsp3) is 0.957. The van der Waals surface area contributed by atoms with Gasteiger partial charge >= 0.3 is 11.9 Å². The Labute approximate surface area is 344 Å². The number of rotatable bonds is 32. The molecule has 2 unspecified atom stereocenters. The van der Waals surface area contributed by atoms with Crippen molar-refractivity contribution in [2.24, 2.45) is 0 Å². The largest absolute Gasteiger partial charge is 0.469 e. The van der Waals surface area contributed by atoms with Crippen LogP contribution in [0.15, 0.2) is 0 Å². The minimum Gasteiger partial charge on any atom is -0.469 e. The zero-order valence-corrected chi connectivity index (χ0v) is 37.9. The maximum atomic E-state index is 11.4. The number of hydrogen-bond acceptors (Lipinski definition) is 10. The van der Waals surface area contributed by atoms with Crippen molar-refractivity contribution in [3.63, 3.8) is 0 Å². The standard InChI is InChI=1S/2C23H45NO4/c1-5-23(24(26)22(2,3)20-28-23)19-17-15-13-11-9-7-6-8-10-12-14-16-18-21(25)27-4;1-5-6-7-8-9-10-11-12-13-14-15-18-23(19-16-17-21(25)27-4)24(26)22(2,3)20-28-23/h2*26H,5-20H2,1-4H3. The molecule has 2 heterocycles. The van der Waals surface area contributed by atoms with E-state index in [1.165, 1.54) is 146 Å². The summed E-state index contributed by atoms with van der Waals surface area (Å²) in [6, 6.07) is 0. The number of unbranched alkanes of at least 4 members (excludes halogenated alkanes) is 21. The molecule has 2 fully saturated rings. The van der Waals surface area contributed by atoms with E-state index in [-0.39, 0.29) is 23.0 Å². The normalized spacial score (nSPS) is 21.9. The molecule has 0 spiro atoms. The minimum absolute atomic E-state index is 0.0850. The van der Waals surface area contributed by atoms with Gasteiger partial charge in [0.25, 0.3) is 0 Å². The highest BCUT2D eigenvalue weighted by atomic mass is 16.6. The Morgan fingerprint density at radius 2 is 0.786 bits per heavy atom. The SMILES string of the molecule is CCC1(CCCCCCCCCCCCCCC(=O)OC)OCC(C)(C)N1O.CCCCCCCCCCCCCC1(CCCC(=O)OC)OCC(C)(C)N1O. The highest BCUT2D eigenvalue weighted by Gasteiger charge is 2.51. The van der Waals surface area contributed by atoms with Crippen LogP contribution in [0, 0.1) is 0 Å². The predicted octanol–water partition coefficient (Wildman–Crippen LogP) is 12.5. The third-order valence-corrected chi connectivity index (χ3v) is 12.1. The van der Waals surface area contributed by atoms with E-state index in [0.717, 1.165) is 44.9 Å². The van der Waals surface area contributed by atoms with Gasteiger partial charge < -0.3 is 29.4 Å². The van der Waals surface area contributed by atoms with Crippen LogP contribution in [-0.2, 0) is 28.5 Å². The quantitative estimate of drug-likeness (QED) is 0.0503. The monoisotopic (exact) mass is 799 g/mol. The van der Waals surface area contributed by atoms with Crippen LogP contribution in [0.1, 0.15) is 234 Å². The molecular formula is C46H90N2O8. The van der Waals surface area contributed by atoms with Gasteiger partial charge in [-0.25, -0.2) is 0 Å². The molecule has 0 aromatic rings. The summed E-state index contributed by atoms with van der Waals surface area (Å²) < 4.78 is 21.5. The lowest BCUT2D eigenvalue weighted by Gasteiger charge is -2.37. The first-order chi connectivity index (χ1) is 26.8. The highest BCUT2D eigenvalue weighted by Crippen LogP contribution is 2.41. The number of nitrogens with zero attached hydrogens (tertiary/aromatic N) is 2. The first-order valence-electron chi connectivity index (χ1n) is 23.2. The molecule has 56 heavy (non-hydrogen) atoms. The number of hydrogen-bond donors (Lipinski definition) is 2. The van der Waals surface area contributed by atoms with Crippen molar-refractivity contribution in [2.75, 3.05) is 27.4 Å². The molecule has 0 aromatic carbocycles. The van der Waals surface area contributed by atoms with Crippen LogP contribution in [-0.4, -0.2) is 82.4 Å². The van der Waals surface area contributed by atoms with E-state index in [9.17, 15) is 20.0 Å². The smallest absolute Gasteiger partial charge is 0.305 e. The summed E-state index contributed by atoms with van der Waals surface area (Å²) in [4.78, 5) is 22.4. The van der Waals surface area contributed by atoms with Gasteiger partial charge in [-0.05, 0) is 79.1 Å². The first kappa shape index (κ1) is 52.7. The van der Waals surface area contributed by atoms with E-state index in [2.05, 4.69) is 18.6 Å². The van der Waals surface area contributed by atoms with Gasteiger partial charge in [0, 0.05) is 12.8 Å². The van der Waals surface area contributed by atoms with Gasteiger partial charge in [0.15, 0.2) is 0 Å². The number of esters is 2. The van der Waals surface area contributed by atoms with Gasteiger partial charge in [-0.3, -0.25) is 9.59 Å². The Kier molecular flexibility index (Phi) is 28.1. The van der Waals surface area contributed by atoms with E-state index < -0.39 is 11.4 Å². The van der Waals surface area contributed by atoms with Crippen molar-refractivity contribution in [3.05, 3.63) is 0 Å². The van der Waals surface area contributed by atoms with Crippen LogP contribution < -0.4 is 0 Å². The maximum Gasteiger partial charge on any atom is 0.305 e. The van der Waals surface area contributed by atoms with Crippen LogP contribution in [0.5, 0.6) is 0 Å². The van der Waals surface area contributed by atoms with Crippen molar-refractivity contribution >= 4 is 11.9 Å². The Morgan fingerprint density at radius 1 is 0.482 bits per heavy atom. The lowest BCUT2D eigenvalue weighted by Crippen LogP contribution is -2.50. The molecule has 0 aliphatic carbocycles. The van der Waals surface area contributed by atoms with Crippen molar-refractivity contribution < 1.29 is 39.0 Å². The van der Waals surface area contributed by atoms with Gasteiger partial charge in [-0.2, -0.15) is 10.1 Å². The summed E-state index contributed by atoms with van der Waals surface area (Å²) in [5.41, 5.74) is -1.79. The predicted molar refractivity (Wildman–Crippen MR) is 227 cm³/mol. The Hall–Kier alpha value is -1.30. The molecule has 2 aliphatic heterocycles. The number of carbonyl (C=O) groups excluding carboxylic acids is 2. The molecule has 0 amide bonds. The van der Waals surface area contributed by atoms with Crippen LogP contribution >= 0.6 is 0 Å². The molecular weight excluding hydrogens is 709 g/mol. The Morgan fingerprint density at radius 3 is 1.12 bits per heavy atom. The number of methoxy groups -OCH3 is 2. The molecule has 2 saturated heterocycles. The molecule has 0 bridgehead atoms. The second-order valence-corrected chi connectivity index (χ2v) is 18.1. The third-order valence-electron chi connectivity index (χ3n) is 12.1. The number of hydroxylamine groups is 4. The molecule has 0 radical (unpaired) electrons. The van der Waals surface area contributed by atoms with Gasteiger partial charge in [-0.1, -0.05) is 142 Å². The molecule has 332 valence electrons. The molecule has 0 saturated carbocycles. The maximum absolute atomic E-state index is 11.4. The van der Waals surface area contributed by atoms with Gasteiger partial charge in [-0.15, -0.1) is 0 Å². The van der Waals surface area contributed by atoms with Crippen LogP contribution in [0.25, 0.3) is 0 Å². The summed E-state index contributed by atoms with van der Waals surface area (Å²) in [6.45, 7) is 13.5. The lowest BCUT2D eigenvalue weighted by atomic mass is 9.95. The van der Waals surface area contributed by atoms with Gasteiger partial charge in [0.1, 0.15) is 11.4 Å². The van der Waals surface area contributed by atoms with Crippen LogP contribution in [0.4, 0.5) is 0 Å². The van der Waals surface area contributed by atoms with Gasteiger partial charge in [0.05, 0.1) is 38.5 Å². The number of ether oxygens (including phenoxy) is 4. The van der Waals surface area contributed by atoms with E-state index in [0.29, 0.717) is 38.9 Å². The van der Waals surface area contributed by atoms with Crippen LogP contribution in [0.2, 0.25) is 0 Å². The Bertz CT molecular complexity index is 1010. The van der Waals surface area contributed by atoms with Crippen molar-refractivity contribution in [1.29, 1.82) is 0 Å². The minimum atomic E-state index is -0.656. The molecule has 2 N–H and O–H groups in total. The molecule has 0 aromatic heterocycles. The van der Waals surface area contributed by atoms with Gasteiger partial charge in [0.2, 0.25) is 0 Å². The third kappa shape index (κ3) is 20.6. The summed E-state index contributed by atoms with van der Waals surface area (Å²) in [7, 11) is 2.87. The summed E-state index contributed by atoms with van der Waals surface area (Å²) >= 11 is 0. The molecule has 2 rings (SSSR count). The molecule has 10 heteroatoms. The van der Waals surface area contributed by atoms with Crippen LogP contribution in [0.3, 0.4) is 0 Å². The Balaban J connectivity index is 0.000000560. The molecule has 2 aliphatic rings. The summed E-state index contributed by atoms with van der Waals surface area (Å²) in [5.74, 6) is -0.287. The van der Waals surface area contributed by atoms with Crippen molar-refractivity contribution in [2.45, 2.75) is 257 Å². The summed E-state index contributed by atoms with van der Waals surface area (Å²) in [5, 5.41) is 24.1. The van der Waals surface area contributed by atoms with E-state index in [1.54, 1.807) is 0 Å². The molecule has 10 nitrogen and oxygen atoms in total. The zero-order valence-electron chi connectivity index (χ0n) is 37.9. The van der Waals surface area contributed by atoms with Crippen molar-refractivity contribution in [3.8, 4) is 0 Å². The zero-order chi connectivity index (χ0) is 41.8. The number of carbonyl (C=O) groups is 2. The average molecular weight is 799 g/mol. The highest BCUT2D eigenvalue weighted by molar-refractivity contribution is 5.69. The first-order valence-corrected chi connectivity index (χ1v) is 23.2. The second kappa shape index (κ2) is 29.8. The van der Waals surface area contributed by atoms with E-state index in [4.69, 9.17) is 14.2 Å². The average Bonchev–Trinajstić information content (AvgIpc) is 3.56. The van der Waals surface area contributed by atoms with E-state index in [1.807, 2.05) is 27.7 Å². The fourth-order valence-electron chi connectivity index (χ4n) is 8.27. The molecule has 2 atom stereocenters. The topological polar surface area (TPSA) is 118 Å². The lowest BCUT2D eigenvalue weighted by molar-refractivity contribution is -0.256.